The molecular weight excluding hydrogens is 318 g/mol. The molecule has 0 aliphatic carbocycles. The molecule has 0 saturated heterocycles. The van der Waals surface area contributed by atoms with E-state index in [1.165, 1.54) is 23.5 Å². The number of benzene rings is 1. The minimum atomic E-state index is -0.429. The Balaban J connectivity index is 2.50. The van der Waals surface area contributed by atoms with Crippen LogP contribution in [0.15, 0.2) is 23.2 Å². The molecular formula is C15H19N3O4S. The van der Waals surface area contributed by atoms with Gasteiger partial charge in [-0.1, -0.05) is 24.7 Å². The Morgan fingerprint density at radius 1 is 1.48 bits per heavy atom. The molecule has 0 unspecified atom stereocenters. The van der Waals surface area contributed by atoms with Crippen molar-refractivity contribution in [2.45, 2.75) is 32.7 Å². The number of nitro groups is 1. The van der Waals surface area contributed by atoms with Crippen LogP contribution in [0, 0.1) is 10.1 Å². The van der Waals surface area contributed by atoms with Gasteiger partial charge in [-0.25, -0.2) is 0 Å². The number of methoxy groups -OCH3 is 1. The zero-order valence-electron chi connectivity index (χ0n) is 13.2. The van der Waals surface area contributed by atoms with Crippen LogP contribution in [-0.2, 0) is 16.1 Å². The molecule has 8 heteroatoms. The number of thiazole rings is 1. The fourth-order valence-corrected chi connectivity index (χ4v) is 3.26. The van der Waals surface area contributed by atoms with Crippen LogP contribution in [0.3, 0.4) is 0 Å². The molecule has 0 N–H and O–H groups in total. The Labute approximate surface area is 137 Å². The molecule has 1 amide bonds. The van der Waals surface area contributed by atoms with Crippen LogP contribution in [-0.4, -0.2) is 29.1 Å². The number of rotatable bonds is 7. The number of nitrogens with zero attached hydrogens (tertiary/aromatic N) is 3. The Morgan fingerprint density at radius 3 is 2.91 bits per heavy atom. The lowest BCUT2D eigenvalue weighted by molar-refractivity contribution is -0.384. The van der Waals surface area contributed by atoms with E-state index >= 15 is 0 Å². The van der Waals surface area contributed by atoms with Gasteiger partial charge in [0.2, 0.25) is 5.91 Å². The highest BCUT2D eigenvalue weighted by molar-refractivity contribution is 7.16. The molecule has 0 saturated carbocycles. The Bertz CT molecular complexity index is 779. The van der Waals surface area contributed by atoms with Crippen LogP contribution in [0.1, 0.15) is 26.2 Å². The average molecular weight is 337 g/mol. The van der Waals surface area contributed by atoms with E-state index in [2.05, 4.69) is 4.99 Å². The van der Waals surface area contributed by atoms with Crippen LogP contribution in [0.2, 0.25) is 0 Å². The van der Waals surface area contributed by atoms with Gasteiger partial charge in [0.15, 0.2) is 4.80 Å². The maximum Gasteiger partial charge on any atom is 0.270 e. The van der Waals surface area contributed by atoms with Gasteiger partial charge in [0, 0.05) is 32.2 Å². The summed E-state index contributed by atoms with van der Waals surface area (Å²) < 4.78 is 7.71. The van der Waals surface area contributed by atoms with E-state index in [4.69, 9.17) is 4.74 Å². The third-order valence-corrected chi connectivity index (χ3v) is 4.40. The Morgan fingerprint density at radius 2 is 2.26 bits per heavy atom. The third-order valence-electron chi connectivity index (χ3n) is 3.36. The summed E-state index contributed by atoms with van der Waals surface area (Å²) in [5.41, 5.74) is 0.848. The van der Waals surface area contributed by atoms with Crippen molar-refractivity contribution in [3.63, 3.8) is 0 Å². The van der Waals surface area contributed by atoms with E-state index in [9.17, 15) is 14.9 Å². The second-order valence-electron chi connectivity index (χ2n) is 5.05. The van der Waals surface area contributed by atoms with Crippen LogP contribution in [0.5, 0.6) is 0 Å². The normalized spacial score (nSPS) is 12.0. The first kappa shape index (κ1) is 17.3. The molecule has 0 bridgehead atoms. The molecule has 1 heterocycles. The van der Waals surface area contributed by atoms with Gasteiger partial charge in [0.25, 0.3) is 5.69 Å². The highest BCUT2D eigenvalue weighted by Crippen LogP contribution is 2.23. The van der Waals surface area contributed by atoms with E-state index in [1.807, 2.05) is 11.5 Å². The Hall–Kier alpha value is -2.06. The van der Waals surface area contributed by atoms with Gasteiger partial charge in [0.1, 0.15) is 0 Å². The third kappa shape index (κ3) is 4.23. The van der Waals surface area contributed by atoms with Gasteiger partial charge in [-0.2, -0.15) is 4.99 Å². The van der Waals surface area contributed by atoms with Crippen molar-refractivity contribution in [3.05, 3.63) is 33.1 Å². The first-order valence-electron chi connectivity index (χ1n) is 7.41. The number of fused-ring (bicyclic) bond motifs is 1. The number of hydrogen-bond donors (Lipinski definition) is 0. The van der Waals surface area contributed by atoms with Crippen molar-refractivity contribution >= 4 is 33.1 Å². The van der Waals surface area contributed by atoms with Crippen molar-refractivity contribution in [1.82, 2.24) is 4.57 Å². The number of carbonyl (C=O) groups is 1. The van der Waals surface area contributed by atoms with Gasteiger partial charge < -0.3 is 9.30 Å². The van der Waals surface area contributed by atoms with Crippen molar-refractivity contribution in [3.8, 4) is 0 Å². The SMILES string of the molecule is CCCCC(=O)N=c1sc2cc([N+](=O)[O-])ccc2n1CCOC. The smallest absolute Gasteiger partial charge is 0.270 e. The molecule has 23 heavy (non-hydrogen) atoms. The lowest BCUT2D eigenvalue weighted by Crippen LogP contribution is -2.19. The molecule has 1 aromatic heterocycles. The second-order valence-corrected chi connectivity index (χ2v) is 6.06. The summed E-state index contributed by atoms with van der Waals surface area (Å²) in [6, 6.07) is 4.66. The zero-order chi connectivity index (χ0) is 16.8. The summed E-state index contributed by atoms with van der Waals surface area (Å²) in [6.45, 7) is 3.03. The number of amides is 1. The van der Waals surface area contributed by atoms with E-state index in [1.54, 1.807) is 13.2 Å². The molecule has 0 radical (unpaired) electrons. The maximum absolute atomic E-state index is 11.9. The molecule has 0 spiro atoms. The monoisotopic (exact) mass is 337 g/mol. The summed E-state index contributed by atoms with van der Waals surface area (Å²) in [4.78, 5) is 27.2. The van der Waals surface area contributed by atoms with Gasteiger partial charge in [-0.05, 0) is 12.5 Å². The Kier molecular flexibility index (Phi) is 6.00. The summed E-state index contributed by atoms with van der Waals surface area (Å²) in [6.07, 6.45) is 2.15. The van der Waals surface area contributed by atoms with Crippen LogP contribution in [0.4, 0.5) is 5.69 Å². The molecule has 0 aliphatic rings. The summed E-state index contributed by atoms with van der Waals surface area (Å²) in [7, 11) is 1.60. The van der Waals surface area contributed by atoms with Crippen LogP contribution >= 0.6 is 11.3 Å². The molecule has 2 aromatic rings. The van der Waals surface area contributed by atoms with Gasteiger partial charge in [-0.3, -0.25) is 14.9 Å². The van der Waals surface area contributed by atoms with Gasteiger partial charge in [-0.15, -0.1) is 0 Å². The number of hydrogen-bond acceptors (Lipinski definition) is 5. The first-order valence-corrected chi connectivity index (χ1v) is 8.22. The minimum Gasteiger partial charge on any atom is -0.383 e. The molecule has 0 atom stereocenters. The summed E-state index contributed by atoms with van der Waals surface area (Å²) in [5.74, 6) is -0.168. The van der Waals surface area contributed by atoms with Crippen molar-refractivity contribution in [2.75, 3.05) is 13.7 Å². The summed E-state index contributed by atoms with van der Waals surface area (Å²) in [5, 5.41) is 10.9. The predicted molar refractivity (Wildman–Crippen MR) is 88.4 cm³/mol. The largest absolute Gasteiger partial charge is 0.383 e. The quantitative estimate of drug-likeness (QED) is 0.574. The van der Waals surface area contributed by atoms with Crippen molar-refractivity contribution in [1.29, 1.82) is 0 Å². The number of aromatic nitrogens is 1. The van der Waals surface area contributed by atoms with E-state index in [-0.39, 0.29) is 11.6 Å². The molecule has 124 valence electrons. The fraction of sp³-hybridized carbons (Fsp3) is 0.467. The molecule has 1 aromatic carbocycles. The van der Waals surface area contributed by atoms with E-state index in [0.29, 0.717) is 24.4 Å². The number of ether oxygens (including phenoxy) is 1. The molecule has 7 nitrogen and oxygen atoms in total. The predicted octanol–water partition coefficient (Wildman–Crippen LogP) is 2.87. The number of non-ortho nitro benzene ring substituents is 1. The maximum atomic E-state index is 11.9. The van der Waals surface area contributed by atoms with Gasteiger partial charge in [0.05, 0.1) is 21.7 Å². The highest BCUT2D eigenvalue weighted by Gasteiger charge is 2.12. The van der Waals surface area contributed by atoms with Crippen molar-refractivity contribution < 1.29 is 14.5 Å². The zero-order valence-corrected chi connectivity index (χ0v) is 14.0. The fourth-order valence-electron chi connectivity index (χ4n) is 2.15. The number of nitro benzene ring substituents is 1. The number of unbranched alkanes of at least 4 members (excludes halogenated alkanes) is 1. The lowest BCUT2D eigenvalue weighted by Gasteiger charge is -2.04. The standard InChI is InChI=1S/C15H19N3O4S/c1-3-4-5-14(19)16-15-17(8-9-22-2)12-7-6-11(18(20)21)10-13(12)23-15/h6-7,10H,3-5,8-9H2,1-2H3. The molecule has 2 rings (SSSR count). The topological polar surface area (TPSA) is 86.7 Å². The van der Waals surface area contributed by atoms with E-state index in [0.717, 1.165) is 23.1 Å². The highest BCUT2D eigenvalue weighted by atomic mass is 32.1. The minimum absolute atomic E-state index is 0.0292. The average Bonchev–Trinajstić information content (AvgIpc) is 2.87. The molecule has 0 fully saturated rings. The van der Waals surface area contributed by atoms with Crippen molar-refractivity contribution in [2.24, 2.45) is 4.99 Å². The second kappa shape index (κ2) is 7.98. The summed E-state index contributed by atoms with van der Waals surface area (Å²) >= 11 is 1.28. The first-order chi connectivity index (χ1) is 11.1. The van der Waals surface area contributed by atoms with E-state index < -0.39 is 4.92 Å². The molecule has 0 aliphatic heterocycles. The van der Waals surface area contributed by atoms with Gasteiger partial charge >= 0.3 is 0 Å². The van der Waals surface area contributed by atoms with Crippen LogP contribution < -0.4 is 4.80 Å². The lowest BCUT2D eigenvalue weighted by atomic mass is 10.2. The van der Waals surface area contributed by atoms with Crippen LogP contribution in [0.25, 0.3) is 10.2 Å². The number of carbonyl (C=O) groups excluding carboxylic acids is 1.